The minimum absolute atomic E-state index is 0.0421. The third-order valence-corrected chi connectivity index (χ3v) is 2.98. The van der Waals surface area contributed by atoms with Crippen molar-refractivity contribution in [1.82, 2.24) is 5.32 Å². The highest BCUT2D eigenvalue weighted by Gasteiger charge is 2.14. The van der Waals surface area contributed by atoms with Crippen LogP contribution in [-0.4, -0.2) is 7.05 Å². The number of allylic oxidation sites excluding steroid dienone is 1. The topological polar surface area (TPSA) is 12.0 Å². The van der Waals surface area contributed by atoms with Crippen LogP contribution in [0.5, 0.6) is 0 Å². The van der Waals surface area contributed by atoms with Crippen LogP contribution >= 0.6 is 15.9 Å². The average Bonchev–Trinajstić information content (AvgIpc) is 2.25. The molecule has 0 amide bonds. The van der Waals surface area contributed by atoms with Crippen LogP contribution in [0.4, 0.5) is 4.39 Å². The fourth-order valence-corrected chi connectivity index (χ4v) is 1.91. The van der Waals surface area contributed by atoms with E-state index < -0.39 is 0 Å². The van der Waals surface area contributed by atoms with E-state index in [9.17, 15) is 4.39 Å². The maximum absolute atomic E-state index is 13.8. The Kier molecular flexibility index (Phi) is 4.99. The molecule has 1 N–H and O–H groups in total. The fourth-order valence-electron chi connectivity index (χ4n) is 1.53. The van der Waals surface area contributed by atoms with Gasteiger partial charge in [-0.2, -0.15) is 0 Å². The number of hydrogen-bond acceptors (Lipinski definition) is 1. The summed E-state index contributed by atoms with van der Waals surface area (Å²) in [4.78, 5) is 0. The molecule has 1 unspecified atom stereocenters. The molecule has 0 aliphatic heterocycles. The Hall–Kier alpha value is -0.670. The second kappa shape index (κ2) is 6.03. The normalized spacial score (nSPS) is 12.5. The average molecular weight is 272 g/mol. The molecule has 0 saturated heterocycles. The summed E-state index contributed by atoms with van der Waals surface area (Å²) in [5.74, 6) is -0.180. The second-order valence-electron chi connectivity index (χ2n) is 3.35. The summed E-state index contributed by atoms with van der Waals surface area (Å²) >= 11 is 3.19. The molecule has 0 bridgehead atoms. The van der Waals surface area contributed by atoms with Gasteiger partial charge < -0.3 is 5.32 Å². The minimum Gasteiger partial charge on any atom is -0.313 e. The highest BCUT2D eigenvalue weighted by atomic mass is 79.9. The lowest BCUT2D eigenvalue weighted by atomic mass is 10.0. The molecule has 0 saturated carbocycles. The van der Waals surface area contributed by atoms with Gasteiger partial charge in [-0.3, -0.25) is 0 Å². The molecular weight excluding hydrogens is 257 g/mol. The SMILES string of the molecule is C=CCCC(NC)c1cccc(Br)c1F. The highest BCUT2D eigenvalue weighted by Crippen LogP contribution is 2.26. The van der Waals surface area contributed by atoms with E-state index in [4.69, 9.17) is 0 Å². The Morgan fingerprint density at radius 1 is 1.60 bits per heavy atom. The van der Waals surface area contributed by atoms with Crippen LogP contribution in [0.25, 0.3) is 0 Å². The number of hydrogen-bond donors (Lipinski definition) is 1. The van der Waals surface area contributed by atoms with Gasteiger partial charge in [0.25, 0.3) is 0 Å². The van der Waals surface area contributed by atoms with Gasteiger partial charge in [-0.05, 0) is 41.9 Å². The molecule has 0 aromatic heterocycles. The third kappa shape index (κ3) is 3.14. The fraction of sp³-hybridized carbons (Fsp3) is 0.333. The van der Waals surface area contributed by atoms with E-state index in [0.29, 0.717) is 10.0 Å². The molecule has 0 spiro atoms. The van der Waals surface area contributed by atoms with Crippen LogP contribution in [0.2, 0.25) is 0 Å². The molecule has 0 radical (unpaired) electrons. The van der Waals surface area contributed by atoms with Gasteiger partial charge in [0.15, 0.2) is 0 Å². The minimum atomic E-state index is -0.180. The maximum atomic E-state index is 13.8. The van der Waals surface area contributed by atoms with E-state index in [2.05, 4.69) is 27.8 Å². The van der Waals surface area contributed by atoms with Gasteiger partial charge in [0.1, 0.15) is 5.82 Å². The van der Waals surface area contributed by atoms with Gasteiger partial charge in [-0.1, -0.05) is 18.2 Å². The van der Waals surface area contributed by atoms with Crippen molar-refractivity contribution in [2.45, 2.75) is 18.9 Å². The van der Waals surface area contributed by atoms with Crippen LogP contribution < -0.4 is 5.32 Å². The van der Waals surface area contributed by atoms with Gasteiger partial charge in [-0.25, -0.2) is 4.39 Å². The summed E-state index contributed by atoms with van der Waals surface area (Å²) in [5.41, 5.74) is 0.703. The third-order valence-electron chi connectivity index (χ3n) is 2.36. The number of benzene rings is 1. The summed E-state index contributed by atoms with van der Waals surface area (Å²) in [6, 6.07) is 5.41. The Bertz CT molecular complexity index is 338. The summed E-state index contributed by atoms with van der Waals surface area (Å²) in [5, 5.41) is 3.11. The van der Waals surface area contributed by atoms with Crippen LogP contribution in [0, 0.1) is 5.82 Å². The van der Waals surface area contributed by atoms with Crippen molar-refractivity contribution in [3.63, 3.8) is 0 Å². The van der Waals surface area contributed by atoms with Gasteiger partial charge in [0.2, 0.25) is 0 Å². The maximum Gasteiger partial charge on any atom is 0.142 e. The van der Waals surface area contributed by atoms with Crippen molar-refractivity contribution < 1.29 is 4.39 Å². The highest BCUT2D eigenvalue weighted by molar-refractivity contribution is 9.10. The first kappa shape index (κ1) is 12.4. The molecule has 0 aliphatic rings. The standard InChI is InChI=1S/C12H15BrFN/c1-3-4-8-11(15-2)9-6-5-7-10(13)12(9)14/h3,5-7,11,15H,1,4,8H2,2H3. The largest absolute Gasteiger partial charge is 0.313 e. The summed E-state index contributed by atoms with van der Waals surface area (Å²) in [6.07, 6.45) is 3.57. The monoisotopic (exact) mass is 271 g/mol. The van der Waals surface area contributed by atoms with Gasteiger partial charge in [0.05, 0.1) is 4.47 Å². The molecular formula is C12H15BrFN. The van der Waals surface area contributed by atoms with Gasteiger partial charge in [0, 0.05) is 11.6 Å². The van der Waals surface area contributed by atoms with Crippen molar-refractivity contribution >= 4 is 15.9 Å². The van der Waals surface area contributed by atoms with Crippen LogP contribution in [-0.2, 0) is 0 Å². The second-order valence-corrected chi connectivity index (χ2v) is 4.20. The molecule has 1 rings (SSSR count). The first-order chi connectivity index (χ1) is 7.20. The van der Waals surface area contributed by atoms with Crippen LogP contribution in [0.15, 0.2) is 35.3 Å². The van der Waals surface area contributed by atoms with E-state index in [1.54, 1.807) is 6.07 Å². The molecule has 1 nitrogen and oxygen atoms in total. The number of halogens is 2. The molecule has 0 aliphatic carbocycles. The van der Waals surface area contributed by atoms with Crippen molar-refractivity contribution in [2.75, 3.05) is 7.05 Å². The summed E-state index contributed by atoms with van der Waals surface area (Å²) in [6.45, 7) is 3.67. The zero-order chi connectivity index (χ0) is 11.3. The molecule has 0 heterocycles. The summed E-state index contributed by atoms with van der Waals surface area (Å²) < 4.78 is 14.3. The first-order valence-corrected chi connectivity index (χ1v) is 5.72. The molecule has 3 heteroatoms. The smallest absolute Gasteiger partial charge is 0.142 e. The Balaban J connectivity index is 2.90. The number of rotatable bonds is 5. The summed E-state index contributed by atoms with van der Waals surface area (Å²) in [7, 11) is 1.84. The molecule has 1 aromatic rings. The molecule has 1 atom stereocenters. The Morgan fingerprint density at radius 2 is 2.33 bits per heavy atom. The quantitative estimate of drug-likeness (QED) is 0.803. The first-order valence-electron chi connectivity index (χ1n) is 4.92. The zero-order valence-electron chi connectivity index (χ0n) is 8.76. The predicted molar refractivity (Wildman–Crippen MR) is 65.3 cm³/mol. The van der Waals surface area contributed by atoms with E-state index in [-0.39, 0.29) is 11.9 Å². The van der Waals surface area contributed by atoms with E-state index >= 15 is 0 Å². The van der Waals surface area contributed by atoms with Gasteiger partial charge in [-0.15, -0.1) is 6.58 Å². The number of nitrogens with one attached hydrogen (secondary N) is 1. The lowest BCUT2D eigenvalue weighted by molar-refractivity contribution is 0.509. The van der Waals surface area contributed by atoms with E-state index in [0.717, 1.165) is 12.8 Å². The lowest BCUT2D eigenvalue weighted by Crippen LogP contribution is -2.17. The van der Waals surface area contributed by atoms with Gasteiger partial charge >= 0.3 is 0 Å². The Labute approximate surface area is 98.5 Å². The Morgan fingerprint density at radius 3 is 2.93 bits per heavy atom. The van der Waals surface area contributed by atoms with E-state index in [1.807, 2.05) is 25.3 Å². The van der Waals surface area contributed by atoms with Crippen LogP contribution in [0.1, 0.15) is 24.4 Å². The molecule has 0 fully saturated rings. The molecule has 15 heavy (non-hydrogen) atoms. The van der Waals surface area contributed by atoms with Crippen molar-refractivity contribution in [2.24, 2.45) is 0 Å². The van der Waals surface area contributed by atoms with Crippen molar-refractivity contribution in [3.8, 4) is 0 Å². The van der Waals surface area contributed by atoms with Crippen molar-refractivity contribution in [1.29, 1.82) is 0 Å². The molecule has 82 valence electrons. The zero-order valence-corrected chi connectivity index (χ0v) is 10.3. The lowest BCUT2D eigenvalue weighted by Gasteiger charge is -2.16. The van der Waals surface area contributed by atoms with E-state index in [1.165, 1.54) is 0 Å². The van der Waals surface area contributed by atoms with Crippen LogP contribution in [0.3, 0.4) is 0 Å². The molecule has 1 aromatic carbocycles. The predicted octanol–water partition coefficient (Wildman–Crippen LogP) is 3.81. The van der Waals surface area contributed by atoms with Crippen molar-refractivity contribution in [3.05, 3.63) is 46.7 Å².